The number of rotatable bonds is 8. The predicted molar refractivity (Wildman–Crippen MR) is 162 cm³/mol. The largest absolute Gasteiger partial charge is 0.391 e. The molecule has 3 N–H and O–H groups in total. The predicted octanol–water partition coefficient (Wildman–Crippen LogP) is 2.87. The molecule has 4 fully saturated rings. The first kappa shape index (κ1) is 30.2. The van der Waals surface area contributed by atoms with Gasteiger partial charge in [0.15, 0.2) is 0 Å². The van der Waals surface area contributed by atoms with Gasteiger partial charge in [-0.15, -0.1) is 5.10 Å². The van der Waals surface area contributed by atoms with E-state index in [1.54, 1.807) is 4.68 Å². The van der Waals surface area contributed by atoms with Crippen molar-refractivity contribution in [3.05, 3.63) is 47.8 Å². The van der Waals surface area contributed by atoms with E-state index in [9.17, 15) is 19.8 Å². The minimum Gasteiger partial charge on any atom is -0.391 e. The molecule has 43 heavy (non-hydrogen) atoms. The lowest BCUT2D eigenvalue weighted by Crippen LogP contribution is -2.65. The third-order valence-electron chi connectivity index (χ3n) is 10.1. The fraction of sp³-hybridized carbons (Fsp3) is 0.697. The van der Waals surface area contributed by atoms with Crippen LogP contribution < -0.4 is 5.32 Å². The Bertz CT molecular complexity index is 1320. The van der Waals surface area contributed by atoms with Gasteiger partial charge in [-0.25, -0.2) is 4.68 Å². The number of aliphatic hydroxyl groups is 2. The maximum absolute atomic E-state index is 14.1. The summed E-state index contributed by atoms with van der Waals surface area (Å²) < 4.78 is 1.64. The van der Waals surface area contributed by atoms with Gasteiger partial charge in [0.1, 0.15) is 12.1 Å². The quantitative estimate of drug-likeness (QED) is 0.431. The Morgan fingerprint density at radius 3 is 2.49 bits per heavy atom. The number of aromatic nitrogens is 3. The zero-order valence-corrected chi connectivity index (χ0v) is 26.2. The molecule has 2 saturated heterocycles. The average Bonchev–Trinajstić information content (AvgIpc) is 3.38. The van der Waals surface area contributed by atoms with Gasteiger partial charge in [-0.2, -0.15) is 0 Å². The van der Waals surface area contributed by atoms with E-state index in [0.29, 0.717) is 30.7 Å². The number of β-amino-alcohol motifs (C(OH)–C–C–N with tert-alkyl or cyclic N) is 1. The topological polar surface area (TPSA) is 124 Å². The molecular formula is C33H48N6O4. The van der Waals surface area contributed by atoms with E-state index in [-0.39, 0.29) is 30.2 Å². The van der Waals surface area contributed by atoms with Crippen molar-refractivity contribution in [1.29, 1.82) is 0 Å². The van der Waals surface area contributed by atoms with Gasteiger partial charge < -0.3 is 20.4 Å². The minimum atomic E-state index is -0.806. The highest BCUT2D eigenvalue weighted by Crippen LogP contribution is 2.53. The number of nitrogens with one attached hydrogen (secondary N) is 1. The van der Waals surface area contributed by atoms with E-state index in [1.165, 1.54) is 10.5 Å². The highest BCUT2D eigenvalue weighted by atomic mass is 16.3. The summed E-state index contributed by atoms with van der Waals surface area (Å²) in [4.78, 5) is 31.9. The molecule has 1 aromatic carbocycles. The van der Waals surface area contributed by atoms with Crippen LogP contribution in [-0.4, -0.2) is 90.2 Å². The van der Waals surface area contributed by atoms with Crippen molar-refractivity contribution in [3.8, 4) is 0 Å². The Morgan fingerprint density at radius 1 is 1.12 bits per heavy atom. The van der Waals surface area contributed by atoms with Gasteiger partial charge in [0, 0.05) is 49.6 Å². The summed E-state index contributed by atoms with van der Waals surface area (Å²) in [5, 5.41) is 33.6. The number of carbonyl (C=O) groups excluding carboxylic acids is 2. The van der Waals surface area contributed by atoms with E-state index in [1.807, 2.05) is 33.0 Å². The summed E-state index contributed by atoms with van der Waals surface area (Å²) in [5.41, 5.74) is 1.63. The number of hydrogen-bond donors (Lipinski definition) is 3. The molecule has 1 spiro atoms. The van der Waals surface area contributed by atoms with Crippen LogP contribution in [0.4, 0.5) is 0 Å². The van der Waals surface area contributed by atoms with Crippen LogP contribution in [0.15, 0.2) is 36.5 Å². The average molecular weight is 593 g/mol. The van der Waals surface area contributed by atoms with Crippen LogP contribution in [0.5, 0.6) is 0 Å². The first-order chi connectivity index (χ1) is 20.4. The van der Waals surface area contributed by atoms with Gasteiger partial charge in [0.2, 0.25) is 11.8 Å². The van der Waals surface area contributed by atoms with E-state index >= 15 is 0 Å². The van der Waals surface area contributed by atoms with Crippen LogP contribution >= 0.6 is 0 Å². The van der Waals surface area contributed by atoms with E-state index in [2.05, 4.69) is 58.6 Å². The van der Waals surface area contributed by atoms with E-state index < -0.39 is 35.7 Å². The van der Waals surface area contributed by atoms with Crippen molar-refractivity contribution in [2.45, 2.75) is 116 Å². The summed E-state index contributed by atoms with van der Waals surface area (Å²) >= 11 is 0. The van der Waals surface area contributed by atoms with Crippen LogP contribution in [0.3, 0.4) is 0 Å². The molecule has 234 valence electrons. The van der Waals surface area contributed by atoms with Gasteiger partial charge in [-0.05, 0) is 42.6 Å². The number of benzene rings is 1. The van der Waals surface area contributed by atoms with Gasteiger partial charge in [-0.3, -0.25) is 14.5 Å². The number of amides is 2. The van der Waals surface area contributed by atoms with Crippen LogP contribution in [-0.2, 0) is 16.1 Å². The maximum atomic E-state index is 14.1. The Hall–Kier alpha value is -2.82. The Balaban J connectivity index is 1.15. The molecule has 4 aliphatic rings. The fourth-order valence-corrected chi connectivity index (χ4v) is 8.31. The molecule has 0 radical (unpaired) electrons. The highest BCUT2D eigenvalue weighted by molar-refractivity contribution is 5.90. The van der Waals surface area contributed by atoms with Crippen molar-refractivity contribution in [2.24, 2.45) is 16.7 Å². The Labute approximate surface area is 254 Å². The second-order valence-electron chi connectivity index (χ2n) is 15.1. The molecule has 2 aliphatic carbocycles. The molecule has 2 aromatic rings. The van der Waals surface area contributed by atoms with Crippen LogP contribution in [0.2, 0.25) is 0 Å². The molecule has 7 atom stereocenters. The third kappa shape index (κ3) is 5.85. The van der Waals surface area contributed by atoms with Crippen molar-refractivity contribution < 1.29 is 19.8 Å². The summed E-state index contributed by atoms with van der Waals surface area (Å²) in [6, 6.07) is 8.91. The summed E-state index contributed by atoms with van der Waals surface area (Å²) in [7, 11) is 0. The van der Waals surface area contributed by atoms with Crippen LogP contribution in [0.1, 0.15) is 89.9 Å². The molecule has 10 nitrogen and oxygen atoms in total. The van der Waals surface area contributed by atoms with Crippen molar-refractivity contribution in [1.82, 2.24) is 30.1 Å². The van der Waals surface area contributed by atoms with Crippen molar-refractivity contribution in [3.63, 3.8) is 0 Å². The lowest BCUT2D eigenvalue weighted by molar-refractivity contribution is -0.144. The first-order valence-corrected chi connectivity index (χ1v) is 16.0. The monoisotopic (exact) mass is 592 g/mol. The summed E-state index contributed by atoms with van der Waals surface area (Å²) in [6.07, 6.45) is 4.11. The molecule has 0 bridgehead atoms. The van der Waals surface area contributed by atoms with Gasteiger partial charge >= 0.3 is 0 Å². The van der Waals surface area contributed by atoms with Gasteiger partial charge in [-0.1, -0.05) is 70.2 Å². The molecule has 2 amide bonds. The second-order valence-corrected chi connectivity index (χ2v) is 15.1. The zero-order chi connectivity index (χ0) is 30.7. The molecule has 10 heteroatoms. The standard InChI is InChI=1S/C33H48N6O4/c1-20(2)28-33(19-37(28)16-21-9-7-6-8-10-21)14-24(27(41)15-33)34-30(42)26-13-23(40)17-38(26)31(43)29(32(3,4)5)39-18-25(35-36-39)22-11-12-22/h6-10,18,20,22-24,26-29,40-41H,11-17,19H2,1-5H3,(H,34,42)/t23-,24-,26+,27-,28?,29-,33?/m1/s1. The maximum Gasteiger partial charge on any atom is 0.248 e. The zero-order valence-electron chi connectivity index (χ0n) is 26.2. The van der Waals surface area contributed by atoms with E-state index in [0.717, 1.165) is 31.6 Å². The Kier molecular flexibility index (Phi) is 7.92. The number of hydrogen-bond acceptors (Lipinski definition) is 7. The molecule has 3 heterocycles. The number of aliphatic hydroxyl groups excluding tert-OH is 2. The smallest absolute Gasteiger partial charge is 0.248 e. The fourth-order valence-electron chi connectivity index (χ4n) is 8.31. The normalized spacial score (nSPS) is 31.9. The molecular weight excluding hydrogens is 544 g/mol. The molecule has 2 saturated carbocycles. The molecule has 2 aliphatic heterocycles. The highest BCUT2D eigenvalue weighted by Gasteiger charge is 2.59. The van der Waals surface area contributed by atoms with Crippen molar-refractivity contribution in [2.75, 3.05) is 13.1 Å². The SMILES string of the molecule is CC(C)C1N(Cc2ccccc2)CC12C[C@@H](O)[C@H](NC(=O)[C@@H]1C[C@@H](O)CN1C(=O)[C@@H](n1cc(C3CC3)nn1)C(C)(C)C)C2. The third-order valence-corrected chi connectivity index (χ3v) is 10.1. The second kappa shape index (κ2) is 11.3. The van der Waals surface area contributed by atoms with Crippen LogP contribution in [0.25, 0.3) is 0 Å². The molecule has 2 unspecified atom stereocenters. The number of carbonyl (C=O) groups is 2. The Morgan fingerprint density at radius 2 is 1.84 bits per heavy atom. The van der Waals surface area contributed by atoms with Gasteiger partial charge in [0.25, 0.3) is 0 Å². The molecule has 1 aromatic heterocycles. The minimum absolute atomic E-state index is 0.0608. The van der Waals surface area contributed by atoms with Gasteiger partial charge in [0.05, 0.1) is 23.9 Å². The number of likely N-dealkylation sites (tertiary alicyclic amines) is 2. The summed E-state index contributed by atoms with van der Waals surface area (Å²) in [6.45, 7) is 12.3. The molecule has 6 rings (SSSR count). The number of nitrogens with zero attached hydrogens (tertiary/aromatic N) is 5. The van der Waals surface area contributed by atoms with Crippen molar-refractivity contribution >= 4 is 11.8 Å². The summed E-state index contributed by atoms with van der Waals surface area (Å²) in [5.74, 6) is 0.269. The lowest BCUT2D eigenvalue weighted by Gasteiger charge is -2.58. The van der Waals surface area contributed by atoms with Crippen LogP contribution in [0, 0.1) is 16.7 Å². The lowest BCUT2D eigenvalue weighted by atomic mass is 9.65. The van der Waals surface area contributed by atoms with E-state index in [4.69, 9.17) is 0 Å². The first-order valence-electron chi connectivity index (χ1n) is 16.0.